The molecule has 5 nitrogen and oxygen atoms in total. The van der Waals surface area contributed by atoms with Crippen LogP contribution < -0.4 is 0 Å². The van der Waals surface area contributed by atoms with Crippen molar-refractivity contribution in [2.45, 2.75) is 38.4 Å². The number of benzene rings is 1. The normalized spacial score (nSPS) is 26.4. The molecule has 2 atom stereocenters. The molecule has 1 aromatic rings. The van der Waals surface area contributed by atoms with Gasteiger partial charge >= 0.3 is 0 Å². The van der Waals surface area contributed by atoms with Crippen molar-refractivity contribution in [2.75, 3.05) is 26.2 Å². The van der Waals surface area contributed by atoms with Crippen LogP contribution >= 0.6 is 0 Å². The van der Waals surface area contributed by atoms with Crippen LogP contribution in [0.4, 0.5) is 0 Å². The fourth-order valence-corrected chi connectivity index (χ4v) is 6.14. The Morgan fingerprint density at radius 2 is 1.84 bits per heavy atom. The van der Waals surface area contributed by atoms with Crippen LogP contribution in [0.25, 0.3) is 0 Å². The van der Waals surface area contributed by atoms with Crippen molar-refractivity contribution in [1.82, 2.24) is 9.21 Å². The van der Waals surface area contributed by atoms with Crippen LogP contribution in [0.1, 0.15) is 43.5 Å². The number of fused-ring (bicyclic) bond motifs is 1. The number of rotatable bonds is 4. The SMILES string of the molecule is CC(C)CCN1C[C@H]2CCN(C(=O)c3ccccc3)CC[C@H]2S1(=O)=O. The second kappa shape index (κ2) is 7.46. The summed E-state index contributed by atoms with van der Waals surface area (Å²) in [4.78, 5) is 14.5. The van der Waals surface area contributed by atoms with E-state index in [0.717, 1.165) is 12.8 Å². The van der Waals surface area contributed by atoms with Crippen molar-refractivity contribution in [3.05, 3.63) is 35.9 Å². The van der Waals surface area contributed by atoms with Crippen molar-refractivity contribution >= 4 is 15.9 Å². The van der Waals surface area contributed by atoms with Gasteiger partial charge in [0, 0.05) is 31.7 Å². The Labute approximate surface area is 151 Å². The zero-order valence-corrected chi connectivity index (χ0v) is 15.9. The van der Waals surface area contributed by atoms with Crippen molar-refractivity contribution in [3.8, 4) is 0 Å². The third-order valence-electron chi connectivity index (χ3n) is 5.42. The largest absolute Gasteiger partial charge is 0.339 e. The summed E-state index contributed by atoms with van der Waals surface area (Å²) >= 11 is 0. The summed E-state index contributed by atoms with van der Waals surface area (Å²) in [6, 6.07) is 9.24. The van der Waals surface area contributed by atoms with Crippen LogP contribution in [-0.4, -0.2) is 55.0 Å². The number of sulfonamides is 1. The first-order valence-corrected chi connectivity index (χ1v) is 10.7. The first-order valence-electron chi connectivity index (χ1n) is 9.23. The maximum atomic E-state index is 12.9. The summed E-state index contributed by atoms with van der Waals surface area (Å²) in [5, 5.41) is -0.326. The second-order valence-electron chi connectivity index (χ2n) is 7.62. The topological polar surface area (TPSA) is 57.7 Å². The van der Waals surface area contributed by atoms with E-state index >= 15 is 0 Å². The van der Waals surface area contributed by atoms with Gasteiger partial charge < -0.3 is 4.90 Å². The quantitative estimate of drug-likeness (QED) is 0.825. The molecule has 2 aliphatic heterocycles. The van der Waals surface area contributed by atoms with E-state index in [1.165, 1.54) is 0 Å². The molecule has 0 unspecified atom stereocenters. The molecule has 0 spiro atoms. The molecule has 6 heteroatoms. The highest BCUT2D eigenvalue weighted by molar-refractivity contribution is 7.90. The van der Waals surface area contributed by atoms with Crippen LogP contribution in [-0.2, 0) is 10.0 Å². The maximum Gasteiger partial charge on any atom is 0.253 e. The van der Waals surface area contributed by atoms with Crippen LogP contribution in [0.2, 0.25) is 0 Å². The number of nitrogens with zero attached hydrogens (tertiary/aromatic N) is 2. The first-order chi connectivity index (χ1) is 11.9. The van der Waals surface area contributed by atoms with Crippen LogP contribution in [0.3, 0.4) is 0 Å². The molecule has 0 bridgehead atoms. The van der Waals surface area contributed by atoms with Gasteiger partial charge in [-0.3, -0.25) is 4.79 Å². The molecule has 138 valence electrons. The second-order valence-corrected chi connectivity index (χ2v) is 9.77. The van der Waals surface area contributed by atoms with E-state index in [1.54, 1.807) is 4.31 Å². The Bertz CT molecular complexity index is 703. The molecule has 25 heavy (non-hydrogen) atoms. The van der Waals surface area contributed by atoms with E-state index < -0.39 is 10.0 Å². The number of likely N-dealkylation sites (tertiary alicyclic amines) is 1. The fraction of sp³-hybridized carbons (Fsp3) is 0.632. The number of amides is 1. The Morgan fingerprint density at radius 1 is 1.16 bits per heavy atom. The summed E-state index contributed by atoms with van der Waals surface area (Å²) in [5.41, 5.74) is 0.677. The van der Waals surface area contributed by atoms with Gasteiger partial charge in [-0.15, -0.1) is 0 Å². The lowest BCUT2D eigenvalue weighted by Gasteiger charge is -2.22. The number of carbonyl (C=O) groups is 1. The highest BCUT2D eigenvalue weighted by atomic mass is 32.2. The zero-order chi connectivity index (χ0) is 18.0. The van der Waals surface area contributed by atoms with Crippen LogP contribution in [0, 0.1) is 11.8 Å². The summed E-state index contributed by atoms with van der Waals surface area (Å²) in [6.45, 7) is 6.64. The standard InChI is InChI=1S/C19H28N2O3S/c1-15(2)8-13-21-14-17-9-11-20(12-10-18(17)25(21,23)24)19(22)16-6-4-3-5-7-16/h3-7,15,17-18H,8-14H2,1-2H3/t17-,18-/m1/s1. The number of hydrogen-bond donors (Lipinski definition) is 0. The van der Waals surface area contributed by atoms with Crippen molar-refractivity contribution in [2.24, 2.45) is 11.8 Å². The molecule has 2 fully saturated rings. The molecule has 0 N–H and O–H groups in total. The zero-order valence-electron chi connectivity index (χ0n) is 15.1. The van der Waals surface area contributed by atoms with Crippen molar-refractivity contribution in [3.63, 3.8) is 0 Å². The lowest BCUT2D eigenvalue weighted by molar-refractivity contribution is 0.0759. The Balaban J connectivity index is 1.67. The fourth-order valence-electron chi connectivity index (χ4n) is 3.88. The Morgan fingerprint density at radius 3 is 2.52 bits per heavy atom. The summed E-state index contributed by atoms with van der Waals surface area (Å²) in [5.74, 6) is 0.653. The van der Waals surface area contributed by atoms with Gasteiger partial charge in [0.05, 0.1) is 5.25 Å². The van der Waals surface area contributed by atoms with Gasteiger partial charge in [-0.2, -0.15) is 0 Å². The van der Waals surface area contributed by atoms with Gasteiger partial charge in [0.2, 0.25) is 10.0 Å². The smallest absolute Gasteiger partial charge is 0.253 e. The number of hydrogen-bond acceptors (Lipinski definition) is 3. The third-order valence-corrected chi connectivity index (χ3v) is 7.86. The number of carbonyl (C=O) groups excluding carboxylic acids is 1. The summed E-state index contributed by atoms with van der Waals surface area (Å²) in [6.07, 6.45) is 2.21. The molecule has 0 aliphatic carbocycles. The molecule has 1 amide bonds. The van der Waals surface area contributed by atoms with Gasteiger partial charge in [-0.1, -0.05) is 32.0 Å². The van der Waals surface area contributed by atoms with Gasteiger partial charge in [0.25, 0.3) is 5.91 Å². The molecular weight excluding hydrogens is 336 g/mol. The molecule has 2 aliphatic rings. The third kappa shape index (κ3) is 3.90. The minimum atomic E-state index is -3.23. The van der Waals surface area contributed by atoms with Gasteiger partial charge in [-0.25, -0.2) is 12.7 Å². The molecule has 3 rings (SSSR count). The van der Waals surface area contributed by atoms with E-state index in [-0.39, 0.29) is 17.1 Å². The van der Waals surface area contributed by atoms with E-state index in [4.69, 9.17) is 0 Å². The highest BCUT2D eigenvalue weighted by Gasteiger charge is 2.46. The molecule has 2 heterocycles. The molecule has 2 saturated heterocycles. The van der Waals surface area contributed by atoms with E-state index in [1.807, 2.05) is 35.2 Å². The van der Waals surface area contributed by atoms with Gasteiger partial charge in [0.15, 0.2) is 0 Å². The van der Waals surface area contributed by atoms with Gasteiger partial charge in [0.1, 0.15) is 0 Å². The molecule has 0 aromatic heterocycles. The van der Waals surface area contributed by atoms with E-state index in [9.17, 15) is 13.2 Å². The molecular formula is C19H28N2O3S. The lowest BCUT2D eigenvalue weighted by Crippen LogP contribution is -2.35. The maximum absolute atomic E-state index is 12.9. The van der Waals surface area contributed by atoms with Crippen molar-refractivity contribution in [1.29, 1.82) is 0 Å². The highest BCUT2D eigenvalue weighted by Crippen LogP contribution is 2.34. The predicted octanol–water partition coefficient (Wildman–Crippen LogP) is 2.60. The van der Waals surface area contributed by atoms with Gasteiger partial charge in [-0.05, 0) is 43.2 Å². The van der Waals surface area contributed by atoms with Crippen LogP contribution in [0.5, 0.6) is 0 Å². The first kappa shape index (κ1) is 18.4. The average Bonchev–Trinajstić information content (AvgIpc) is 2.74. The van der Waals surface area contributed by atoms with Crippen molar-refractivity contribution < 1.29 is 13.2 Å². The average molecular weight is 365 g/mol. The van der Waals surface area contributed by atoms with E-state index in [0.29, 0.717) is 44.1 Å². The minimum Gasteiger partial charge on any atom is -0.339 e. The van der Waals surface area contributed by atoms with E-state index in [2.05, 4.69) is 13.8 Å². The molecule has 0 radical (unpaired) electrons. The summed E-state index contributed by atoms with van der Waals surface area (Å²) < 4.78 is 27.4. The molecule has 0 saturated carbocycles. The van der Waals surface area contributed by atoms with Crippen LogP contribution in [0.15, 0.2) is 30.3 Å². The summed E-state index contributed by atoms with van der Waals surface area (Å²) in [7, 11) is -3.23. The Kier molecular flexibility index (Phi) is 5.49. The molecule has 1 aromatic carbocycles. The minimum absolute atomic E-state index is 0.00892. The Hall–Kier alpha value is -1.40. The monoisotopic (exact) mass is 364 g/mol. The predicted molar refractivity (Wildman–Crippen MR) is 98.8 cm³/mol. The lowest BCUT2D eigenvalue weighted by atomic mass is 10.0.